The third kappa shape index (κ3) is 4.03. The average molecular weight is 364 g/mol. The topological polar surface area (TPSA) is 81.4 Å². The number of aromatic nitrogens is 3. The van der Waals surface area contributed by atoms with Gasteiger partial charge in [0.05, 0.1) is 19.6 Å². The van der Waals surface area contributed by atoms with E-state index in [9.17, 15) is 4.79 Å². The van der Waals surface area contributed by atoms with Crippen LogP contribution in [0, 0.1) is 6.92 Å². The van der Waals surface area contributed by atoms with Crippen LogP contribution in [-0.2, 0) is 16.0 Å². The van der Waals surface area contributed by atoms with Gasteiger partial charge in [0.25, 0.3) is 5.89 Å². The van der Waals surface area contributed by atoms with Crippen LogP contribution in [-0.4, -0.2) is 45.6 Å². The predicted molar refractivity (Wildman–Crippen MR) is 97.7 cm³/mol. The first kappa shape index (κ1) is 17.4. The van der Waals surface area contributed by atoms with Crippen LogP contribution in [0.25, 0.3) is 11.5 Å². The number of rotatable bonds is 4. The lowest BCUT2D eigenvalue weighted by atomic mass is 10.1. The molecule has 1 aromatic carbocycles. The van der Waals surface area contributed by atoms with Gasteiger partial charge in [-0.1, -0.05) is 29.4 Å². The molecule has 0 bridgehead atoms. The number of benzene rings is 1. The first-order valence-corrected chi connectivity index (χ1v) is 8.89. The summed E-state index contributed by atoms with van der Waals surface area (Å²) in [5, 5.41) is 4.04. The Bertz CT molecular complexity index is 908. The van der Waals surface area contributed by atoms with Crippen molar-refractivity contribution in [3.8, 4) is 11.5 Å². The van der Waals surface area contributed by atoms with Gasteiger partial charge in [0.2, 0.25) is 11.7 Å². The molecule has 0 saturated carbocycles. The van der Waals surface area contributed by atoms with Crippen molar-refractivity contribution in [1.82, 2.24) is 20.0 Å². The van der Waals surface area contributed by atoms with E-state index in [4.69, 9.17) is 9.26 Å². The van der Waals surface area contributed by atoms with E-state index < -0.39 is 0 Å². The Morgan fingerprint density at radius 2 is 2.07 bits per heavy atom. The molecule has 7 nitrogen and oxygen atoms in total. The zero-order valence-electron chi connectivity index (χ0n) is 15.0. The summed E-state index contributed by atoms with van der Waals surface area (Å²) in [5.41, 5.74) is 2.69. The summed E-state index contributed by atoms with van der Waals surface area (Å²) in [6, 6.07) is 13.4. The van der Waals surface area contributed by atoms with Gasteiger partial charge in [0.15, 0.2) is 0 Å². The monoisotopic (exact) mass is 364 g/mol. The molecule has 138 valence electrons. The smallest absolute Gasteiger partial charge is 0.258 e. The van der Waals surface area contributed by atoms with Gasteiger partial charge in [-0.05, 0) is 30.7 Å². The van der Waals surface area contributed by atoms with Crippen LogP contribution in [0.4, 0.5) is 0 Å². The average Bonchev–Trinajstić information content (AvgIpc) is 3.21. The molecule has 2 aromatic heterocycles. The number of nitrogens with zero attached hydrogens (tertiary/aromatic N) is 4. The van der Waals surface area contributed by atoms with E-state index in [-0.39, 0.29) is 12.0 Å². The van der Waals surface area contributed by atoms with E-state index in [1.807, 2.05) is 49.4 Å². The minimum absolute atomic E-state index is 0.0423. The lowest BCUT2D eigenvalue weighted by Gasteiger charge is -2.31. The Morgan fingerprint density at radius 1 is 1.22 bits per heavy atom. The molecule has 1 saturated heterocycles. The second-order valence-corrected chi connectivity index (χ2v) is 6.51. The van der Waals surface area contributed by atoms with Gasteiger partial charge < -0.3 is 14.2 Å². The standard InChI is InChI=1S/C20H20N4O3/c1-14-7-8-15(12-21-14)11-18(25)24-9-10-26-17(13-24)19-22-20(27-23-19)16-5-3-2-4-6-16/h2-8,12,17H,9-11,13H2,1H3. The summed E-state index contributed by atoms with van der Waals surface area (Å²) in [6.45, 7) is 3.33. The largest absolute Gasteiger partial charge is 0.366 e. The van der Waals surface area contributed by atoms with Crippen LogP contribution < -0.4 is 0 Å². The number of ether oxygens (including phenoxy) is 1. The molecule has 1 unspecified atom stereocenters. The number of aryl methyl sites for hydroxylation is 1. The zero-order chi connectivity index (χ0) is 18.6. The van der Waals surface area contributed by atoms with E-state index in [0.29, 0.717) is 37.8 Å². The molecule has 7 heteroatoms. The molecule has 0 radical (unpaired) electrons. The molecule has 1 fully saturated rings. The summed E-state index contributed by atoms with van der Waals surface area (Å²) < 4.78 is 11.1. The third-order valence-corrected chi connectivity index (χ3v) is 4.50. The van der Waals surface area contributed by atoms with Crippen LogP contribution >= 0.6 is 0 Å². The Hall–Kier alpha value is -3.06. The predicted octanol–water partition coefficient (Wildman–Crippen LogP) is 2.58. The minimum Gasteiger partial charge on any atom is -0.366 e. The van der Waals surface area contributed by atoms with Crippen LogP contribution in [0.15, 0.2) is 53.2 Å². The molecule has 4 rings (SSSR count). The van der Waals surface area contributed by atoms with Gasteiger partial charge in [-0.3, -0.25) is 9.78 Å². The van der Waals surface area contributed by atoms with Gasteiger partial charge in [-0.2, -0.15) is 4.98 Å². The maximum Gasteiger partial charge on any atom is 0.258 e. The van der Waals surface area contributed by atoms with Gasteiger partial charge in [-0.25, -0.2) is 0 Å². The highest BCUT2D eigenvalue weighted by Gasteiger charge is 2.29. The van der Waals surface area contributed by atoms with Crippen molar-refractivity contribution < 1.29 is 14.1 Å². The molecule has 0 spiro atoms. The minimum atomic E-state index is -0.389. The van der Waals surface area contributed by atoms with E-state index >= 15 is 0 Å². The van der Waals surface area contributed by atoms with Crippen LogP contribution in [0.2, 0.25) is 0 Å². The molecule has 1 aliphatic heterocycles. The number of morpholine rings is 1. The van der Waals surface area contributed by atoms with E-state index in [0.717, 1.165) is 16.8 Å². The number of carbonyl (C=O) groups is 1. The molecular weight excluding hydrogens is 344 g/mol. The Kier molecular flexibility index (Phi) is 4.93. The quantitative estimate of drug-likeness (QED) is 0.708. The number of hydrogen-bond donors (Lipinski definition) is 0. The molecule has 0 aliphatic carbocycles. The summed E-state index contributed by atoms with van der Waals surface area (Å²) in [4.78, 5) is 23.1. The molecule has 1 atom stereocenters. The molecule has 3 heterocycles. The number of amides is 1. The second kappa shape index (κ2) is 7.67. The summed E-state index contributed by atoms with van der Waals surface area (Å²) in [7, 11) is 0. The van der Waals surface area contributed by atoms with Gasteiger partial charge in [0, 0.05) is 24.0 Å². The molecular formula is C20H20N4O3. The molecule has 0 N–H and O–H groups in total. The number of carbonyl (C=O) groups excluding carboxylic acids is 1. The highest BCUT2D eigenvalue weighted by atomic mass is 16.5. The molecule has 1 aliphatic rings. The van der Waals surface area contributed by atoms with Gasteiger partial charge >= 0.3 is 0 Å². The molecule has 3 aromatic rings. The Morgan fingerprint density at radius 3 is 2.85 bits per heavy atom. The van der Waals surface area contributed by atoms with Crippen molar-refractivity contribution in [3.05, 3.63) is 65.7 Å². The second-order valence-electron chi connectivity index (χ2n) is 6.51. The lowest BCUT2D eigenvalue weighted by Crippen LogP contribution is -2.43. The van der Waals surface area contributed by atoms with Crippen LogP contribution in [0.1, 0.15) is 23.2 Å². The summed E-state index contributed by atoms with van der Waals surface area (Å²) in [5.74, 6) is 0.951. The fourth-order valence-corrected chi connectivity index (χ4v) is 2.99. The van der Waals surface area contributed by atoms with Crippen LogP contribution in [0.5, 0.6) is 0 Å². The van der Waals surface area contributed by atoms with Crippen molar-refractivity contribution in [1.29, 1.82) is 0 Å². The highest BCUT2D eigenvalue weighted by Crippen LogP contribution is 2.24. The maximum absolute atomic E-state index is 12.6. The van der Waals surface area contributed by atoms with E-state index in [1.165, 1.54) is 0 Å². The maximum atomic E-state index is 12.6. The van der Waals surface area contributed by atoms with Gasteiger partial charge in [0.1, 0.15) is 6.10 Å². The van der Waals surface area contributed by atoms with Crippen LogP contribution in [0.3, 0.4) is 0 Å². The fourth-order valence-electron chi connectivity index (χ4n) is 2.99. The number of hydrogen-bond acceptors (Lipinski definition) is 6. The first-order valence-electron chi connectivity index (χ1n) is 8.89. The van der Waals surface area contributed by atoms with Gasteiger partial charge in [-0.15, -0.1) is 0 Å². The van der Waals surface area contributed by atoms with E-state index in [1.54, 1.807) is 11.1 Å². The summed E-state index contributed by atoms with van der Waals surface area (Å²) in [6.07, 6.45) is 1.68. The van der Waals surface area contributed by atoms with Crippen molar-refractivity contribution in [3.63, 3.8) is 0 Å². The SMILES string of the molecule is Cc1ccc(CC(=O)N2CCOC(c3noc(-c4ccccc4)n3)C2)cn1. The number of pyridine rings is 1. The highest BCUT2D eigenvalue weighted by molar-refractivity contribution is 5.78. The first-order chi connectivity index (χ1) is 13.2. The van der Waals surface area contributed by atoms with Crippen molar-refractivity contribution >= 4 is 5.91 Å². The van der Waals surface area contributed by atoms with E-state index in [2.05, 4.69) is 15.1 Å². The summed E-state index contributed by atoms with van der Waals surface area (Å²) >= 11 is 0. The van der Waals surface area contributed by atoms with Crippen molar-refractivity contribution in [2.75, 3.05) is 19.7 Å². The third-order valence-electron chi connectivity index (χ3n) is 4.50. The van der Waals surface area contributed by atoms with Crippen molar-refractivity contribution in [2.45, 2.75) is 19.4 Å². The fraction of sp³-hybridized carbons (Fsp3) is 0.300. The lowest BCUT2D eigenvalue weighted by molar-refractivity contribution is -0.138. The molecule has 27 heavy (non-hydrogen) atoms. The zero-order valence-corrected chi connectivity index (χ0v) is 15.0. The Labute approximate surface area is 157 Å². The van der Waals surface area contributed by atoms with Crippen molar-refractivity contribution in [2.24, 2.45) is 0 Å². The molecule has 1 amide bonds. The normalized spacial score (nSPS) is 17.1. The Balaban J connectivity index is 1.43.